The molecule has 52 heavy (non-hydrogen) atoms. The van der Waals surface area contributed by atoms with Gasteiger partial charge in [-0.3, -0.25) is 4.68 Å². The Balaban J connectivity index is 1.53. The van der Waals surface area contributed by atoms with Crippen LogP contribution in [0.5, 0.6) is 0 Å². The Kier molecular flexibility index (Phi) is 11.2. The van der Waals surface area contributed by atoms with Crippen LogP contribution in [0.3, 0.4) is 0 Å². The van der Waals surface area contributed by atoms with Crippen molar-refractivity contribution in [2.75, 3.05) is 5.43 Å². The summed E-state index contributed by atoms with van der Waals surface area (Å²) in [4.78, 5) is 0. The van der Waals surface area contributed by atoms with Crippen LogP contribution in [0.25, 0.3) is 61.8 Å². The molecule has 0 saturated heterocycles. The van der Waals surface area contributed by atoms with E-state index in [1.807, 2.05) is 19.1 Å². The second kappa shape index (κ2) is 16.1. The van der Waals surface area contributed by atoms with Gasteiger partial charge in [0.05, 0.1) is 22.6 Å². The minimum atomic E-state index is 0.120. The number of benzene rings is 3. The van der Waals surface area contributed by atoms with Crippen molar-refractivity contribution in [1.29, 1.82) is 0 Å². The summed E-state index contributed by atoms with van der Waals surface area (Å²) in [7, 11) is 0. The Labute approximate surface area is 309 Å². The van der Waals surface area contributed by atoms with Crippen molar-refractivity contribution in [1.82, 2.24) is 13.8 Å². The van der Waals surface area contributed by atoms with E-state index < -0.39 is 0 Å². The van der Waals surface area contributed by atoms with Crippen molar-refractivity contribution in [3.05, 3.63) is 162 Å². The van der Waals surface area contributed by atoms with Gasteiger partial charge in [0, 0.05) is 56.3 Å². The fourth-order valence-electron chi connectivity index (χ4n) is 7.22. The molecule has 0 spiro atoms. The Bertz CT molecular complexity index is 2410. The maximum atomic E-state index is 3.81. The average molecular weight is 685 g/mol. The first-order valence-electron chi connectivity index (χ1n) is 18.6. The quantitative estimate of drug-likeness (QED) is 0.120. The highest BCUT2D eigenvalue weighted by Crippen LogP contribution is 2.36. The third-order valence-electron chi connectivity index (χ3n) is 9.86. The maximum Gasteiger partial charge on any atom is 0.0723 e. The molecule has 6 rings (SSSR count). The Morgan fingerprint density at radius 1 is 0.865 bits per heavy atom. The van der Waals surface area contributed by atoms with Gasteiger partial charge < -0.3 is 14.6 Å². The molecule has 1 N–H and O–H groups in total. The number of fused-ring (bicyclic) bond motifs is 3. The molecular weight excluding hydrogens is 633 g/mol. The molecule has 0 amide bonds. The average Bonchev–Trinajstić information content (AvgIpc) is 3.79. The summed E-state index contributed by atoms with van der Waals surface area (Å²) < 4.78 is 6.97. The van der Waals surface area contributed by atoms with E-state index in [0.29, 0.717) is 0 Å². The number of aromatic nitrogens is 3. The van der Waals surface area contributed by atoms with E-state index in [0.717, 1.165) is 24.1 Å². The molecule has 4 nitrogen and oxygen atoms in total. The summed E-state index contributed by atoms with van der Waals surface area (Å²) in [6.07, 6.45) is 27.4. The molecule has 0 bridgehead atoms. The minimum Gasteiger partial charge on any atom is -0.320 e. The van der Waals surface area contributed by atoms with Gasteiger partial charge in [0.25, 0.3) is 0 Å². The Morgan fingerprint density at radius 3 is 2.38 bits per heavy atom. The van der Waals surface area contributed by atoms with Crippen LogP contribution in [0, 0.1) is 6.92 Å². The van der Waals surface area contributed by atoms with Crippen LogP contribution < -0.4 is 5.43 Å². The molecule has 0 radical (unpaired) electrons. The second-order valence-corrected chi connectivity index (χ2v) is 13.5. The molecular formula is C48H52N4. The number of nitrogens with zero attached hydrogens (tertiary/aromatic N) is 3. The van der Waals surface area contributed by atoms with Gasteiger partial charge >= 0.3 is 0 Å². The SMILES string of the molecule is C=C/C=C\C=C(/C)n1ccc2cc3c(/C=C(\C)c4ccc5c(c4)c(/C=C\CC)c(CC)n5-c4ccccc4)c(C)n(NC(C)/C=C\C=C/C)c3cc21. The number of hydrogen-bond acceptors (Lipinski definition) is 1. The molecule has 0 aliphatic heterocycles. The van der Waals surface area contributed by atoms with Crippen LogP contribution in [-0.4, -0.2) is 19.9 Å². The molecule has 3 aromatic carbocycles. The van der Waals surface area contributed by atoms with Crippen molar-refractivity contribution >= 4 is 56.1 Å². The predicted molar refractivity (Wildman–Crippen MR) is 230 cm³/mol. The molecule has 0 aliphatic rings. The highest BCUT2D eigenvalue weighted by Gasteiger charge is 2.19. The van der Waals surface area contributed by atoms with Crippen molar-refractivity contribution < 1.29 is 0 Å². The van der Waals surface area contributed by atoms with Gasteiger partial charge in [-0.2, -0.15) is 0 Å². The molecule has 6 aromatic rings. The summed E-state index contributed by atoms with van der Waals surface area (Å²) in [5, 5.41) is 3.72. The molecule has 1 atom stereocenters. The largest absolute Gasteiger partial charge is 0.320 e. The normalized spacial score (nSPS) is 13.8. The summed E-state index contributed by atoms with van der Waals surface area (Å²) in [5.74, 6) is 0. The first-order chi connectivity index (χ1) is 25.3. The second-order valence-electron chi connectivity index (χ2n) is 13.5. The summed E-state index contributed by atoms with van der Waals surface area (Å²) in [6, 6.07) is 24.7. The number of nitrogens with one attached hydrogen (secondary N) is 1. The Hall–Kier alpha value is -5.74. The minimum absolute atomic E-state index is 0.120. The summed E-state index contributed by atoms with van der Waals surface area (Å²) >= 11 is 0. The topological polar surface area (TPSA) is 26.8 Å². The number of rotatable bonds is 13. The van der Waals surface area contributed by atoms with E-state index in [1.165, 1.54) is 66.5 Å². The van der Waals surface area contributed by atoms with E-state index in [2.05, 4.69) is 189 Å². The van der Waals surface area contributed by atoms with Gasteiger partial charge in [-0.1, -0.05) is 99.4 Å². The molecule has 3 aromatic heterocycles. The number of para-hydroxylation sites is 1. The summed E-state index contributed by atoms with van der Waals surface area (Å²) in [5.41, 5.74) is 17.2. The fraction of sp³-hybridized carbons (Fsp3) is 0.208. The standard InChI is InChI=1S/C48H52N4/c1-9-13-17-21-35(6)49-52-37(8)42(44-32-39-28-29-50(47(39)33-48(44)52)36(7)22-18-14-10-2)30-34(5)38-26-27-46-43(31-38)41(25-15-11-3)45(12-4)51(46)40-23-19-16-20-24-40/h9-10,13-33,35,49H,2,11-12H2,1,3-8H3/b13-9-,18-14-,21-17-,25-15-,34-30+,36-22+. The molecule has 264 valence electrons. The first kappa shape index (κ1) is 36.1. The van der Waals surface area contributed by atoms with Crippen molar-refractivity contribution in [3.8, 4) is 5.69 Å². The lowest BCUT2D eigenvalue weighted by atomic mass is 9.99. The van der Waals surface area contributed by atoms with Crippen molar-refractivity contribution in [2.24, 2.45) is 0 Å². The maximum absolute atomic E-state index is 3.81. The highest BCUT2D eigenvalue weighted by molar-refractivity contribution is 6.04. The fourth-order valence-corrected chi connectivity index (χ4v) is 7.22. The molecule has 0 aliphatic carbocycles. The van der Waals surface area contributed by atoms with Gasteiger partial charge in [0.15, 0.2) is 0 Å². The van der Waals surface area contributed by atoms with Gasteiger partial charge in [-0.05, 0) is 113 Å². The van der Waals surface area contributed by atoms with E-state index in [4.69, 9.17) is 0 Å². The van der Waals surface area contributed by atoms with Gasteiger partial charge in [0.1, 0.15) is 0 Å². The first-order valence-corrected chi connectivity index (χ1v) is 18.6. The van der Waals surface area contributed by atoms with Crippen LogP contribution in [0.2, 0.25) is 0 Å². The Morgan fingerprint density at radius 2 is 1.65 bits per heavy atom. The molecule has 4 heteroatoms. The summed E-state index contributed by atoms with van der Waals surface area (Å²) in [6.45, 7) is 19.1. The molecule has 0 saturated carbocycles. The number of allylic oxidation sites excluding steroid dienone is 10. The third kappa shape index (κ3) is 7.07. The lowest BCUT2D eigenvalue weighted by Gasteiger charge is -2.16. The monoisotopic (exact) mass is 684 g/mol. The van der Waals surface area contributed by atoms with E-state index in [-0.39, 0.29) is 6.04 Å². The zero-order valence-corrected chi connectivity index (χ0v) is 31.8. The van der Waals surface area contributed by atoms with E-state index in [1.54, 1.807) is 6.08 Å². The van der Waals surface area contributed by atoms with Crippen molar-refractivity contribution in [2.45, 2.75) is 67.3 Å². The van der Waals surface area contributed by atoms with Gasteiger partial charge in [-0.15, -0.1) is 0 Å². The van der Waals surface area contributed by atoms with Crippen molar-refractivity contribution in [3.63, 3.8) is 0 Å². The zero-order valence-electron chi connectivity index (χ0n) is 31.8. The molecule has 3 heterocycles. The van der Waals surface area contributed by atoms with E-state index >= 15 is 0 Å². The lowest BCUT2D eigenvalue weighted by Crippen LogP contribution is -2.24. The highest BCUT2D eigenvalue weighted by atomic mass is 15.4. The zero-order chi connectivity index (χ0) is 36.8. The predicted octanol–water partition coefficient (Wildman–Crippen LogP) is 13.1. The van der Waals surface area contributed by atoms with Crippen LogP contribution in [0.15, 0.2) is 134 Å². The smallest absolute Gasteiger partial charge is 0.0723 e. The molecule has 0 fully saturated rings. The van der Waals surface area contributed by atoms with Crippen LogP contribution in [-0.2, 0) is 6.42 Å². The van der Waals surface area contributed by atoms with Gasteiger partial charge in [0.2, 0.25) is 0 Å². The number of hydrogen-bond donors (Lipinski definition) is 1. The van der Waals surface area contributed by atoms with Crippen LogP contribution in [0.1, 0.15) is 76.0 Å². The van der Waals surface area contributed by atoms with Crippen LogP contribution in [0.4, 0.5) is 0 Å². The van der Waals surface area contributed by atoms with E-state index in [9.17, 15) is 0 Å². The lowest BCUT2D eigenvalue weighted by molar-refractivity contribution is 0.787. The van der Waals surface area contributed by atoms with Gasteiger partial charge in [-0.25, -0.2) is 0 Å². The molecule has 1 unspecified atom stereocenters. The van der Waals surface area contributed by atoms with Crippen LogP contribution >= 0.6 is 0 Å². The third-order valence-corrected chi connectivity index (χ3v) is 9.86.